The Kier molecular flexibility index (Phi) is 2.94. The summed E-state index contributed by atoms with van der Waals surface area (Å²) >= 11 is 0. The third-order valence-corrected chi connectivity index (χ3v) is 5.68. The molecule has 2 heteroatoms. The van der Waals surface area contributed by atoms with E-state index in [1.54, 1.807) is 0 Å². The van der Waals surface area contributed by atoms with Crippen LogP contribution in [0.5, 0.6) is 0 Å². The first-order chi connectivity index (χ1) is 10.9. The lowest BCUT2D eigenvalue weighted by Gasteiger charge is -2.12. The lowest BCUT2D eigenvalue weighted by Crippen LogP contribution is -2.06. The molecule has 0 spiro atoms. The molecular weight excluding hydrogens is 272 g/mol. The van der Waals surface area contributed by atoms with E-state index in [-0.39, 0.29) is 0 Å². The van der Waals surface area contributed by atoms with E-state index >= 15 is 0 Å². The fourth-order valence-corrected chi connectivity index (χ4v) is 4.55. The maximum Gasteiger partial charge on any atom is 0.137 e. The smallest absolute Gasteiger partial charge is 0.137 e. The third-order valence-electron chi connectivity index (χ3n) is 5.68. The van der Waals surface area contributed by atoms with Crippen LogP contribution >= 0.6 is 0 Å². The first-order valence-electron chi connectivity index (χ1n) is 8.75. The van der Waals surface area contributed by atoms with Crippen LogP contribution in [0.1, 0.15) is 48.5 Å². The number of rotatable bonds is 2. The molecule has 2 aromatic rings. The van der Waals surface area contributed by atoms with E-state index in [2.05, 4.69) is 30.3 Å². The highest BCUT2D eigenvalue weighted by atomic mass is 16.5. The van der Waals surface area contributed by atoms with Crippen molar-refractivity contribution >= 4 is 0 Å². The van der Waals surface area contributed by atoms with Crippen molar-refractivity contribution in [3.05, 3.63) is 47.2 Å². The van der Waals surface area contributed by atoms with Gasteiger partial charge in [-0.25, -0.2) is 0 Å². The predicted octanol–water partition coefficient (Wildman–Crippen LogP) is 4.72. The minimum absolute atomic E-state index is 0.439. The van der Waals surface area contributed by atoms with Crippen molar-refractivity contribution in [1.29, 1.82) is 0 Å². The minimum atomic E-state index is 0.439. The second-order valence-corrected chi connectivity index (χ2v) is 6.99. The van der Waals surface area contributed by atoms with Gasteiger partial charge < -0.3 is 9.15 Å². The van der Waals surface area contributed by atoms with Crippen molar-refractivity contribution in [2.75, 3.05) is 6.61 Å². The third kappa shape index (κ3) is 1.90. The van der Waals surface area contributed by atoms with Gasteiger partial charge in [-0.05, 0) is 50.0 Å². The lowest BCUT2D eigenvalue weighted by molar-refractivity contribution is 0.0775. The van der Waals surface area contributed by atoms with Gasteiger partial charge in [-0.15, -0.1) is 0 Å². The van der Waals surface area contributed by atoms with Crippen molar-refractivity contribution in [1.82, 2.24) is 0 Å². The highest BCUT2D eigenvalue weighted by molar-refractivity contribution is 5.65. The van der Waals surface area contributed by atoms with Crippen molar-refractivity contribution in [3.63, 3.8) is 0 Å². The summed E-state index contributed by atoms with van der Waals surface area (Å²) in [6.07, 6.45) is 7.92. The zero-order valence-electron chi connectivity index (χ0n) is 12.9. The standard InChI is InChI=1S/C20H22O2/c1-2-7-13(8-3-1)18-14-9-4-5-10-15(14)20(22-18)17-16-11-6-12-21-19(16)17/h1-3,7-8,16-17,19H,4-6,9-12H2/t16-,17+,19-/m0/s1. The summed E-state index contributed by atoms with van der Waals surface area (Å²) < 4.78 is 12.5. The molecule has 1 aromatic carbocycles. The first-order valence-corrected chi connectivity index (χ1v) is 8.75. The lowest BCUT2D eigenvalue weighted by atomic mass is 9.89. The second kappa shape index (κ2) is 4.99. The van der Waals surface area contributed by atoms with Gasteiger partial charge in [0.15, 0.2) is 0 Å². The van der Waals surface area contributed by atoms with E-state index in [1.165, 1.54) is 61.0 Å². The zero-order chi connectivity index (χ0) is 14.5. The number of benzene rings is 1. The number of furan rings is 1. The molecule has 2 aliphatic carbocycles. The van der Waals surface area contributed by atoms with Gasteiger partial charge in [0, 0.05) is 23.7 Å². The molecule has 1 aromatic heterocycles. The van der Waals surface area contributed by atoms with E-state index in [9.17, 15) is 0 Å². The van der Waals surface area contributed by atoms with E-state index in [0.717, 1.165) is 18.3 Å². The summed E-state index contributed by atoms with van der Waals surface area (Å²) in [7, 11) is 0. The van der Waals surface area contributed by atoms with Crippen LogP contribution in [0.2, 0.25) is 0 Å². The Bertz CT molecular complexity index is 673. The molecule has 1 aliphatic heterocycles. The first kappa shape index (κ1) is 13.0. The summed E-state index contributed by atoms with van der Waals surface area (Å²) in [4.78, 5) is 0. The molecule has 2 heterocycles. The van der Waals surface area contributed by atoms with Crippen molar-refractivity contribution in [2.45, 2.75) is 50.5 Å². The SMILES string of the molecule is c1ccc(-c2oc([C@@H]3[C@@H]4CCCO[C@@H]43)c3c2CCCC3)cc1. The summed E-state index contributed by atoms with van der Waals surface area (Å²) in [5.74, 6) is 3.65. The van der Waals surface area contributed by atoms with Crippen LogP contribution < -0.4 is 0 Å². The quantitative estimate of drug-likeness (QED) is 0.799. The molecule has 1 saturated heterocycles. The molecule has 22 heavy (non-hydrogen) atoms. The number of ether oxygens (including phenoxy) is 1. The Morgan fingerprint density at radius 2 is 1.73 bits per heavy atom. The van der Waals surface area contributed by atoms with Gasteiger partial charge >= 0.3 is 0 Å². The second-order valence-electron chi connectivity index (χ2n) is 6.99. The normalized spacial score (nSPS) is 29.7. The fraction of sp³-hybridized carbons (Fsp3) is 0.500. The molecule has 3 atom stereocenters. The minimum Gasteiger partial charge on any atom is -0.460 e. The van der Waals surface area contributed by atoms with Crippen LogP contribution in [0.3, 0.4) is 0 Å². The molecule has 2 nitrogen and oxygen atoms in total. The zero-order valence-corrected chi connectivity index (χ0v) is 12.9. The summed E-state index contributed by atoms with van der Waals surface area (Å²) in [6, 6.07) is 10.6. The summed E-state index contributed by atoms with van der Waals surface area (Å²) in [5.41, 5.74) is 4.24. The maximum atomic E-state index is 6.49. The highest BCUT2D eigenvalue weighted by Crippen LogP contribution is 2.57. The Labute approximate surface area is 131 Å². The molecule has 3 aliphatic rings. The van der Waals surface area contributed by atoms with Crippen molar-refractivity contribution < 1.29 is 9.15 Å². The fourth-order valence-electron chi connectivity index (χ4n) is 4.55. The van der Waals surface area contributed by atoms with E-state index in [4.69, 9.17) is 9.15 Å². The molecule has 5 rings (SSSR count). The van der Waals surface area contributed by atoms with Crippen LogP contribution in [-0.4, -0.2) is 12.7 Å². The molecular formula is C20H22O2. The van der Waals surface area contributed by atoms with Gasteiger partial charge in [-0.3, -0.25) is 0 Å². The number of hydrogen-bond donors (Lipinski definition) is 0. The molecule has 114 valence electrons. The van der Waals surface area contributed by atoms with Crippen LogP contribution in [0.4, 0.5) is 0 Å². The monoisotopic (exact) mass is 294 g/mol. The summed E-state index contributed by atoms with van der Waals surface area (Å²) in [5, 5.41) is 0. The highest BCUT2D eigenvalue weighted by Gasteiger charge is 2.56. The number of hydrogen-bond acceptors (Lipinski definition) is 2. The van der Waals surface area contributed by atoms with Crippen LogP contribution in [-0.2, 0) is 17.6 Å². The molecule has 0 unspecified atom stereocenters. The Morgan fingerprint density at radius 1 is 0.909 bits per heavy atom. The molecule has 1 saturated carbocycles. The Balaban J connectivity index is 1.59. The van der Waals surface area contributed by atoms with E-state index in [1.807, 2.05) is 0 Å². The van der Waals surface area contributed by atoms with Gasteiger partial charge in [0.2, 0.25) is 0 Å². The van der Waals surface area contributed by atoms with Gasteiger partial charge in [-0.1, -0.05) is 30.3 Å². The average Bonchev–Trinajstić information content (AvgIpc) is 3.20. The van der Waals surface area contributed by atoms with Crippen molar-refractivity contribution in [2.24, 2.45) is 5.92 Å². The van der Waals surface area contributed by atoms with Crippen LogP contribution in [0.15, 0.2) is 34.7 Å². The maximum absolute atomic E-state index is 6.49. The summed E-state index contributed by atoms with van der Waals surface area (Å²) in [6.45, 7) is 0.937. The van der Waals surface area contributed by atoms with Crippen molar-refractivity contribution in [3.8, 4) is 11.3 Å². The predicted molar refractivity (Wildman–Crippen MR) is 86.0 cm³/mol. The molecule has 0 radical (unpaired) electrons. The van der Waals surface area contributed by atoms with E-state index < -0.39 is 0 Å². The molecule has 0 N–H and O–H groups in total. The largest absolute Gasteiger partial charge is 0.460 e. The van der Waals surface area contributed by atoms with Crippen LogP contribution in [0, 0.1) is 5.92 Å². The molecule has 2 fully saturated rings. The van der Waals surface area contributed by atoms with Gasteiger partial charge in [0.25, 0.3) is 0 Å². The molecule has 0 bridgehead atoms. The Morgan fingerprint density at radius 3 is 2.50 bits per heavy atom. The van der Waals surface area contributed by atoms with Gasteiger partial charge in [0.1, 0.15) is 11.5 Å². The molecule has 0 amide bonds. The average molecular weight is 294 g/mol. The van der Waals surface area contributed by atoms with Gasteiger partial charge in [0.05, 0.1) is 6.10 Å². The Hall–Kier alpha value is -1.54. The topological polar surface area (TPSA) is 22.4 Å². The van der Waals surface area contributed by atoms with Crippen LogP contribution in [0.25, 0.3) is 11.3 Å². The number of fused-ring (bicyclic) bond motifs is 2. The van der Waals surface area contributed by atoms with Gasteiger partial charge in [-0.2, -0.15) is 0 Å². The van der Waals surface area contributed by atoms with E-state index in [0.29, 0.717) is 12.0 Å².